The van der Waals surface area contributed by atoms with Crippen LogP contribution in [0.5, 0.6) is 0 Å². The molecule has 0 aliphatic heterocycles. The SMILES string of the molecule is Cc1nc(NC(=O)c2ccc(Cl)cc2)n[nH]1. The number of halogens is 1. The summed E-state index contributed by atoms with van der Waals surface area (Å²) in [7, 11) is 0. The maximum absolute atomic E-state index is 11.7. The lowest BCUT2D eigenvalue weighted by Crippen LogP contribution is -2.12. The lowest BCUT2D eigenvalue weighted by Gasteiger charge is -2.00. The van der Waals surface area contributed by atoms with Crippen molar-refractivity contribution in [3.63, 3.8) is 0 Å². The molecule has 82 valence electrons. The Morgan fingerprint density at radius 3 is 2.62 bits per heavy atom. The van der Waals surface area contributed by atoms with Crippen LogP contribution in [0.15, 0.2) is 24.3 Å². The molecule has 2 aromatic rings. The number of nitrogens with zero attached hydrogens (tertiary/aromatic N) is 2. The summed E-state index contributed by atoms with van der Waals surface area (Å²) < 4.78 is 0. The van der Waals surface area contributed by atoms with E-state index in [1.807, 2.05) is 0 Å². The van der Waals surface area contributed by atoms with Crippen molar-refractivity contribution in [3.05, 3.63) is 40.7 Å². The summed E-state index contributed by atoms with van der Waals surface area (Å²) in [6.45, 7) is 1.75. The minimum absolute atomic E-state index is 0.262. The van der Waals surface area contributed by atoms with Crippen molar-refractivity contribution in [2.45, 2.75) is 6.92 Å². The van der Waals surface area contributed by atoms with Crippen molar-refractivity contribution in [1.29, 1.82) is 0 Å². The van der Waals surface area contributed by atoms with Gasteiger partial charge in [0.1, 0.15) is 5.82 Å². The number of aromatic amines is 1. The van der Waals surface area contributed by atoms with Crippen LogP contribution in [-0.4, -0.2) is 21.1 Å². The third-order valence-electron chi connectivity index (χ3n) is 1.93. The van der Waals surface area contributed by atoms with Gasteiger partial charge in [-0.3, -0.25) is 15.2 Å². The number of rotatable bonds is 2. The molecule has 0 saturated heterocycles. The normalized spacial score (nSPS) is 10.1. The molecular formula is C10H9ClN4O. The van der Waals surface area contributed by atoms with Crippen molar-refractivity contribution in [1.82, 2.24) is 15.2 Å². The van der Waals surface area contributed by atoms with Crippen LogP contribution in [0, 0.1) is 6.92 Å². The van der Waals surface area contributed by atoms with E-state index in [4.69, 9.17) is 11.6 Å². The Balaban J connectivity index is 2.11. The molecule has 1 amide bonds. The fourth-order valence-electron chi connectivity index (χ4n) is 1.17. The Morgan fingerprint density at radius 2 is 2.06 bits per heavy atom. The molecule has 0 aliphatic rings. The van der Waals surface area contributed by atoms with Crippen LogP contribution >= 0.6 is 11.6 Å². The van der Waals surface area contributed by atoms with E-state index in [0.717, 1.165) is 0 Å². The summed E-state index contributed by atoms with van der Waals surface area (Å²) in [5, 5.41) is 9.59. The number of nitrogens with one attached hydrogen (secondary N) is 2. The predicted molar refractivity (Wildman–Crippen MR) is 60.5 cm³/mol. The van der Waals surface area contributed by atoms with Crippen LogP contribution in [0.1, 0.15) is 16.2 Å². The van der Waals surface area contributed by atoms with Crippen LogP contribution in [-0.2, 0) is 0 Å². The van der Waals surface area contributed by atoms with E-state index in [1.165, 1.54) is 0 Å². The molecule has 0 radical (unpaired) electrons. The zero-order valence-electron chi connectivity index (χ0n) is 8.49. The first-order valence-electron chi connectivity index (χ1n) is 4.61. The molecule has 16 heavy (non-hydrogen) atoms. The lowest BCUT2D eigenvalue weighted by molar-refractivity contribution is 0.102. The summed E-state index contributed by atoms with van der Waals surface area (Å²) >= 11 is 5.72. The van der Waals surface area contributed by atoms with Crippen LogP contribution in [0.25, 0.3) is 0 Å². The van der Waals surface area contributed by atoms with Gasteiger partial charge in [-0.15, -0.1) is 5.10 Å². The van der Waals surface area contributed by atoms with Crippen LogP contribution in [0.2, 0.25) is 5.02 Å². The van der Waals surface area contributed by atoms with Crippen molar-refractivity contribution in [3.8, 4) is 0 Å². The highest BCUT2D eigenvalue weighted by atomic mass is 35.5. The van der Waals surface area contributed by atoms with Gasteiger partial charge in [0, 0.05) is 10.6 Å². The lowest BCUT2D eigenvalue weighted by atomic mass is 10.2. The maximum atomic E-state index is 11.7. The summed E-state index contributed by atoms with van der Waals surface area (Å²) in [5.41, 5.74) is 0.506. The van der Waals surface area contributed by atoms with Gasteiger partial charge in [-0.2, -0.15) is 4.98 Å². The topological polar surface area (TPSA) is 70.7 Å². The van der Waals surface area contributed by atoms with Gasteiger partial charge >= 0.3 is 0 Å². The molecule has 1 aromatic carbocycles. The first-order chi connectivity index (χ1) is 7.65. The summed E-state index contributed by atoms with van der Waals surface area (Å²) in [6.07, 6.45) is 0. The quantitative estimate of drug-likeness (QED) is 0.838. The van der Waals surface area contributed by atoms with Crippen molar-refractivity contribution in [2.24, 2.45) is 0 Å². The average molecular weight is 237 g/mol. The van der Waals surface area contributed by atoms with Gasteiger partial charge in [0.25, 0.3) is 5.91 Å². The Labute approximate surface area is 96.8 Å². The molecule has 0 saturated carbocycles. The molecule has 0 fully saturated rings. The van der Waals surface area contributed by atoms with E-state index >= 15 is 0 Å². The largest absolute Gasteiger partial charge is 0.289 e. The molecule has 1 heterocycles. The van der Waals surface area contributed by atoms with E-state index in [1.54, 1.807) is 31.2 Å². The molecule has 6 heteroatoms. The number of carbonyl (C=O) groups is 1. The van der Waals surface area contributed by atoms with E-state index in [2.05, 4.69) is 20.5 Å². The molecule has 2 rings (SSSR count). The van der Waals surface area contributed by atoms with Crippen molar-refractivity contribution in [2.75, 3.05) is 5.32 Å². The number of H-pyrrole nitrogens is 1. The highest BCUT2D eigenvalue weighted by Crippen LogP contribution is 2.10. The molecule has 0 bridgehead atoms. The van der Waals surface area contributed by atoms with Crippen molar-refractivity contribution >= 4 is 23.5 Å². The second kappa shape index (κ2) is 4.32. The molecule has 0 atom stereocenters. The van der Waals surface area contributed by atoms with Crippen molar-refractivity contribution < 1.29 is 4.79 Å². The third-order valence-corrected chi connectivity index (χ3v) is 2.18. The fourth-order valence-corrected chi connectivity index (χ4v) is 1.30. The minimum Gasteiger partial charge on any atom is -0.289 e. The Bertz CT molecular complexity index is 506. The number of hydrogen-bond acceptors (Lipinski definition) is 3. The number of aromatic nitrogens is 3. The second-order valence-corrected chi connectivity index (χ2v) is 3.64. The van der Waals surface area contributed by atoms with Crippen LogP contribution in [0.3, 0.4) is 0 Å². The molecule has 0 unspecified atom stereocenters. The number of carbonyl (C=O) groups excluding carboxylic acids is 1. The number of anilines is 1. The number of hydrogen-bond donors (Lipinski definition) is 2. The van der Waals surface area contributed by atoms with Gasteiger partial charge in [0.05, 0.1) is 0 Å². The number of benzene rings is 1. The van der Waals surface area contributed by atoms with Gasteiger partial charge < -0.3 is 0 Å². The minimum atomic E-state index is -0.268. The van der Waals surface area contributed by atoms with E-state index in [0.29, 0.717) is 16.4 Å². The Kier molecular flexibility index (Phi) is 2.87. The molecular weight excluding hydrogens is 228 g/mol. The molecule has 2 N–H and O–H groups in total. The molecule has 0 aliphatic carbocycles. The van der Waals surface area contributed by atoms with E-state index in [-0.39, 0.29) is 11.9 Å². The van der Waals surface area contributed by atoms with Gasteiger partial charge in [0.15, 0.2) is 0 Å². The van der Waals surface area contributed by atoms with Gasteiger partial charge in [-0.25, -0.2) is 0 Å². The van der Waals surface area contributed by atoms with Gasteiger partial charge in [0.2, 0.25) is 5.95 Å². The van der Waals surface area contributed by atoms with Gasteiger partial charge in [-0.05, 0) is 31.2 Å². The van der Waals surface area contributed by atoms with Crippen LogP contribution in [0.4, 0.5) is 5.95 Å². The second-order valence-electron chi connectivity index (χ2n) is 3.21. The standard InChI is InChI=1S/C10H9ClN4O/c1-6-12-10(15-14-6)13-9(16)7-2-4-8(11)5-3-7/h2-5H,1H3,(H2,12,13,14,15,16). The van der Waals surface area contributed by atoms with E-state index in [9.17, 15) is 4.79 Å². The third kappa shape index (κ3) is 2.38. The molecule has 1 aromatic heterocycles. The summed E-state index contributed by atoms with van der Waals surface area (Å²) in [4.78, 5) is 15.7. The number of aryl methyl sites for hydroxylation is 1. The van der Waals surface area contributed by atoms with E-state index < -0.39 is 0 Å². The summed E-state index contributed by atoms with van der Waals surface area (Å²) in [6, 6.07) is 6.58. The summed E-state index contributed by atoms with van der Waals surface area (Å²) in [5.74, 6) is 0.638. The highest BCUT2D eigenvalue weighted by Gasteiger charge is 2.08. The highest BCUT2D eigenvalue weighted by molar-refractivity contribution is 6.30. The monoisotopic (exact) mass is 236 g/mol. The van der Waals surface area contributed by atoms with Gasteiger partial charge in [-0.1, -0.05) is 11.6 Å². The molecule has 0 spiro atoms. The molecule has 5 nitrogen and oxygen atoms in total. The smallest absolute Gasteiger partial charge is 0.258 e. The Hall–Kier alpha value is -1.88. The predicted octanol–water partition coefficient (Wildman–Crippen LogP) is 2.02. The first-order valence-corrected chi connectivity index (χ1v) is 4.99. The first kappa shape index (κ1) is 10.6. The average Bonchev–Trinajstić information content (AvgIpc) is 2.65. The fraction of sp³-hybridized carbons (Fsp3) is 0.100. The Morgan fingerprint density at radius 1 is 1.38 bits per heavy atom. The zero-order chi connectivity index (χ0) is 11.5. The number of amides is 1. The van der Waals surface area contributed by atoms with Crippen LogP contribution < -0.4 is 5.32 Å². The zero-order valence-corrected chi connectivity index (χ0v) is 9.25. The maximum Gasteiger partial charge on any atom is 0.258 e.